The minimum absolute atomic E-state index is 0. The zero-order valence-corrected chi connectivity index (χ0v) is 16.8. The first-order valence-electron chi connectivity index (χ1n) is 8.70. The molecule has 31 heavy (non-hydrogen) atoms. The minimum Gasteiger partial charge on any atom is -0.480 e. The number of carbonyl (C=O) groups excluding carboxylic acids is 1. The largest absolute Gasteiger partial charge is 0.480 e. The summed E-state index contributed by atoms with van der Waals surface area (Å²) in [6, 6.07) is 4.14. The molecule has 1 aliphatic heterocycles. The van der Waals surface area contributed by atoms with E-state index in [0.29, 0.717) is 23.8 Å². The van der Waals surface area contributed by atoms with Crippen LogP contribution in [0.2, 0.25) is 0 Å². The maximum Gasteiger partial charge on any atom is 0.416 e. The van der Waals surface area contributed by atoms with E-state index < -0.39 is 35.0 Å². The van der Waals surface area contributed by atoms with E-state index in [1.807, 2.05) is 0 Å². The predicted octanol–water partition coefficient (Wildman–Crippen LogP) is 3.91. The number of nitrogens with zero attached hydrogens (tertiary/aromatic N) is 4. The fourth-order valence-electron chi connectivity index (χ4n) is 2.99. The standard InChI is InChI=1S/C18H16F6N4O2.ClH/c1-30-15-3-2-14(25-26-15)27-4-6-28(7-5-27)16(29)11-8-12(17(19,20)21)10-13(9-11)18(22,23)24;/h2-3,8-10H,4-7H2,1H3;1H. The minimum atomic E-state index is -5.01. The van der Waals surface area contributed by atoms with Crippen molar-refractivity contribution in [1.82, 2.24) is 15.1 Å². The molecular weight excluding hydrogens is 454 g/mol. The number of piperazine rings is 1. The Morgan fingerprint density at radius 2 is 1.45 bits per heavy atom. The number of benzene rings is 1. The van der Waals surface area contributed by atoms with Crippen molar-refractivity contribution in [1.29, 1.82) is 0 Å². The van der Waals surface area contributed by atoms with E-state index in [0.717, 1.165) is 0 Å². The van der Waals surface area contributed by atoms with Crippen LogP contribution in [0, 0.1) is 0 Å². The maximum atomic E-state index is 13.0. The van der Waals surface area contributed by atoms with E-state index in [1.165, 1.54) is 12.0 Å². The number of hydrogen-bond donors (Lipinski definition) is 0. The van der Waals surface area contributed by atoms with Crippen LogP contribution in [0.25, 0.3) is 0 Å². The average Bonchev–Trinajstić information content (AvgIpc) is 2.72. The third-order valence-electron chi connectivity index (χ3n) is 4.56. The summed E-state index contributed by atoms with van der Waals surface area (Å²) in [4.78, 5) is 15.6. The van der Waals surface area contributed by atoms with Crippen molar-refractivity contribution in [3.05, 3.63) is 47.0 Å². The van der Waals surface area contributed by atoms with Gasteiger partial charge in [-0.15, -0.1) is 22.6 Å². The van der Waals surface area contributed by atoms with Crippen molar-refractivity contribution in [3.8, 4) is 5.88 Å². The first-order chi connectivity index (χ1) is 14.0. The number of anilines is 1. The second-order valence-electron chi connectivity index (χ2n) is 6.51. The van der Waals surface area contributed by atoms with Gasteiger partial charge in [-0.2, -0.15) is 26.3 Å². The highest BCUT2D eigenvalue weighted by atomic mass is 35.5. The van der Waals surface area contributed by atoms with E-state index in [2.05, 4.69) is 10.2 Å². The molecule has 0 spiro atoms. The van der Waals surface area contributed by atoms with Crippen molar-refractivity contribution < 1.29 is 35.9 Å². The van der Waals surface area contributed by atoms with Crippen molar-refractivity contribution in [2.24, 2.45) is 0 Å². The lowest BCUT2D eigenvalue weighted by Crippen LogP contribution is -2.49. The van der Waals surface area contributed by atoms with Crippen LogP contribution in [0.1, 0.15) is 21.5 Å². The summed E-state index contributed by atoms with van der Waals surface area (Å²) in [6.45, 7) is 0.782. The van der Waals surface area contributed by atoms with Gasteiger partial charge in [0.2, 0.25) is 5.88 Å². The average molecular weight is 471 g/mol. The molecule has 0 saturated carbocycles. The highest BCUT2D eigenvalue weighted by Crippen LogP contribution is 2.36. The smallest absolute Gasteiger partial charge is 0.416 e. The topological polar surface area (TPSA) is 58.6 Å². The van der Waals surface area contributed by atoms with Gasteiger partial charge < -0.3 is 14.5 Å². The molecule has 0 aliphatic carbocycles. The molecule has 1 fully saturated rings. The summed E-state index contributed by atoms with van der Waals surface area (Å²) in [5.74, 6) is -0.0639. The van der Waals surface area contributed by atoms with Gasteiger partial charge >= 0.3 is 12.4 Å². The molecular formula is C18H17ClF6N4O2. The summed E-state index contributed by atoms with van der Waals surface area (Å²) in [6.07, 6.45) is -10.0. The van der Waals surface area contributed by atoms with Crippen LogP contribution < -0.4 is 9.64 Å². The lowest BCUT2D eigenvalue weighted by atomic mass is 10.0. The van der Waals surface area contributed by atoms with Crippen molar-refractivity contribution >= 4 is 24.1 Å². The van der Waals surface area contributed by atoms with Gasteiger partial charge in [0.05, 0.1) is 18.2 Å². The Hall–Kier alpha value is -2.76. The number of alkyl halides is 6. The van der Waals surface area contributed by atoms with Gasteiger partial charge in [-0.3, -0.25) is 4.79 Å². The number of methoxy groups -OCH3 is 1. The quantitative estimate of drug-likeness (QED) is 0.637. The van der Waals surface area contributed by atoms with Gasteiger partial charge in [0.25, 0.3) is 5.91 Å². The third kappa shape index (κ3) is 5.69. The van der Waals surface area contributed by atoms with Gasteiger partial charge in [0, 0.05) is 37.8 Å². The van der Waals surface area contributed by atoms with Gasteiger partial charge in [-0.1, -0.05) is 0 Å². The number of ether oxygens (including phenoxy) is 1. The summed E-state index contributed by atoms with van der Waals surface area (Å²) >= 11 is 0. The summed E-state index contributed by atoms with van der Waals surface area (Å²) in [5.41, 5.74) is -3.70. The van der Waals surface area contributed by atoms with E-state index in [9.17, 15) is 31.1 Å². The lowest BCUT2D eigenvalue weighted by Gasteiger charge is -2.35. The number of amides is 1. The second-order valence-corrected chi connectivity index (χ2v) is 6.51. The molecule has 1 aliphatic rings. The lowest BCUT2D eigenvalue weighted by molar-refractivity contribution is -0.143. The SMILES string of the molecule is COc1ccc(N2CCN(C(=O)c3cc(C(F)(F)F)cc(C(F)(F)F)c3)CC2)nn1.Cl. The number of aromatic nitrogens is 2. The van der Waals surface area contributed by atoms with Crippen LogP contribution in [-0.2, 0) is 12.4 Å². The Morgan fingerprint density at radius 3 is 1.87 bits per heavy atom. The maximum absolute atomic E-state index is 13.0. The molecule has 1 aromatic carbocycles. The Morgan fingerprint density at radius 1 is 0.903 bits per heavy atom. The first kappa shape index (κ1) is 24.5. The molecule has 1 aromatic heterocycles. The molecule has 2 aromatic rings. The fraction of sp³-hybridized carbons (Fsp3) is 0.389. The van der Waals surface area contributed by atoms with Crippen LogP contribution in [0.4, 0.5) is 32.2 Å². The molecule has 0 atom stereocenters. The molecule has 13 heteroatoms. The van der Waals surface area contributed by atoms with Gasteiger partial charge in [0.15, 0.2) is 5.82 Å². The highest BCUT2D eigenvalue weighted by Gasteiger charge is 2.38. The molecule has 170 valence electrons. The Kier molecular flexibility index (Phi) is 7.25. The molecule has 0 radical (unpaired) electrons. The second kappa shape index (κ2) is 9.16. The molecule has 0 N–H and O–H groups in total. The Bertz CT molecular complexity index is 880. The van der Waals surface area contributed by atoms with Crippen molar-refractivity contribution in [2.45, 2.75) is 12.4 Å². The molecule has 2 heterocycles. The van der Waals surface area contributed by atoms with E-state index in [4.69, 9.17) is 4.74 Å². The van der Waals surface area contributed by atoms with Crippen LogP contribution >= 0.6 is 12.4 Å². The van der Waals surface area contributed by atoms with Gasteiger partial charge in [-0.05, 0) is 24.3 Å². The van der Waals surface area contributed by atoms with Crippen LogP contribution in [0.3, 0.4) is 0 Å². The molecule has 6 nitrogen and oxygen atoms in total. The first-order valence-corrected chi connectivity index (χ1v) is 8.70. The molecule has 0 bridgehead atoms. The number of halogens is 7. The Labute approximate surface area is 179 Å². The molecule has 1 amide bonds. The van der Waals surface area contributed by atoms with E-state index in [-0.39, 0.29) is 44.7 Å². The molecule has 0 unspecified atom stereocenters. The monoisotopic (exact) mass is 470 g/mol. The summed E-state index contributed by atoms with van der Waals surface area (Å²) in [7, 11) is 1.44. The third-order valence-corrected chi connectivity index (χ3v) is 4.56. The number of rotatable bonds is 3. The molecule has 1 saturated heterocycles. The van der Waals surface area contributed by atoms with Crippen molar-refractivity contribution in [2.75, 3.05) is 38.2 Å². The van der Waals surface area contributed by atoms with Gasteiger partial charge in [0.1, 0.15) is 0 Å². The zero-order valence-electron chi connectivity index (χ0n) is 16.0. The van der Waals surface area contributed by atoms with Crippen molar-refractivity contribution in [3.63, 3.8) is 0 Å². The van der Waals surface area contributed by atoms with Gasteiger partial charge in [-0.25, -0.2) is 0 Å². The summed E-state index contributed by atoms with van der Waals surface area (Å²) in [5, 5.41) is 7.81. The van der Waals surface area contributed by atoms with E-state index in [1.54, 1.807) is 17.0 Å². The normalized spacial score (nSPS) is 14.8. The zero-order chi connectivity index (χ0) is 22.1. The van der Waals surface area contributed by atoms with Crippen LogP contribution in [0.5, 0.6) is 5.88 Å². The Balaban J connectivity index is 0.00000341. The highest BCUT2D eigenvalue weighted by molar-refractivity contribution is 5.95. The predicted molar refractivity (Wildman–Crippen MR) is 100 cm³/mol. The summed E-state index contributed by atoms with van der Waals surface area (Å²) < 4.78 is 83.0. The molecule has 3 rings (SSSR count). The number of carbonyl (C=O) groups is 1. The number of hydrogen-bond acceptors (Lipinski definition) is 5. The van der Waals surface area contributed by atoms with Crippen LogP contribution in [0.15, 0.2) is 30.3 Å². The van der Waals surface area contributed by atoms with Crippen LogP contribution in [-0.4, -0.2) is 54.3 Å². The fourth-order valence-corrected chi connectivity index (χ4v) is 2.99. The van der Waals surface area contributed by atoms with E-state index >= 15 is 0 Å².